The lowest BCUT2D eigenvalue weighted by Crippen LogP contribution is -2.44. The smallest absolute Gasteiger partial charge is 0.327 e. The number of imide groups is 1. The van der Waals surface area contributed by atoms with Crippen molar-refractivity contribution >= 4 is 29.5 Å². The molecule has 9 heteroatoms. The molecule has 0 unspecified atom stereocenters. The molecule has 1 aromatic rings. The SMILES string of the molecule is CC[C@]1(C)NC(=O)N(CC(=O)O[C@@H](C)C(=O)Nc2ccc(F)cc2)C1=O. The first-order chi connectivity index (χ1) is 12.2. The lowest BCUT2D eigenvalue weighted by atomic mass is 9.99. The molecule has 1 aliphatic rings. The highest BCUT2D eigenvalue weighted by Crippen LogP contribution is 2.20. The summed E-state index contributed by atoms with van der Waals surface area (Å²) >= 11 is 0. The van der Waals surface area contributed by atoms with Crippen molar-refractivity contribution in [2.75, 3.05) is 11.9 Å². The number of carbonyl (C=O) groups is 4. The van der Waals surface area contributed by atoms with E-state index >= 15 is 0 Å². The van der Waals surface area contributed by atoms with Crippen LogP contribution in [0.5, 0.6) is 0 Å². The average molecular weight is 365 g/mol. The van der Waals surface area contributed by atoms with Crippen LogP contribution in [0.1, 0.15) is 27.2 Å². The van der Waals surface area contributed by atoms with Crippen LogP contribution < -0.4 is 10.6 Å². The van der Waals surface area contributed by atoms with Crippen LogP contribution in [0.2, 0.25) is 0 Å². The number of carbonyl (C=O) groups excluding carboxylic acids is 4. The van der Waals surface area contributed by atoms with Gasteiger partial charge in [-0.05, 0) is 44.5 Å². The Morgan fingerprint density at radius 3 is 2.46 bits per heavy atom. The van der Waals surface area contributed by atoms with Crippen LogP contribution in [0.4, 0.5) is 14.9 Å². The number of rotatable bonds is 6. The van der Waals surface area contributed by atoms with Crippen molar-refractivity contribution in [3.8, 4) is 0 Å². The third kappa shape index (κ3) is 4.16. The van der Waals surface area contributed by atoms with Gasteiger partial charge in [0.2, 0.25) is 0 Å². The van der Waals surface area contributed by atoms with Gasteiger partial charge in [0.1, 0.15) is 17.9 Å². The van der Waals surface area contributed by atoms with E-state index in [1.54, 1.807) is 13.8 Å². The zero-order valence-corrected chi connectivity index (χ0v) is 14.7. The zero-order chi connectivity index (χ0) is 19.5. The Hall–Kier alpha value is -2.97. The largest absolute Gasteiger partial charge is 0.451 e. The molecule has 1 aromatic carbocycles. The molecule has 0 bridgehead atoms. The Labute approximate surface area is 149 Å². The Morgan fingerprint density at radius 2 is 1.92 bits per heavy atom. The van der Waals surface area contributed by atoms with Gasteiger partial charge in [-0.15, -0.1) is 0 Å². The predicted molar refractivity (Wildman–Crippen MR) is 89.5 cm³/mol. The number of hydrogen-bond acceptors (Lipinski definition) is 5. The fourth-order valence-corrected chi connectivity index (χ4v) is 2.32. The van der Waals surface area contributed by atoms with E-state index in [0.717, 1.165) is 4.90 Å². The van der Waals surface area contributed by atoms with E-state index in [1.807, 2.05) is 0 Å². The van der Waals surface area contributed by atoms with Gasteiger partial charge in [0.15, 0.2) is 6.10 Å². The van der Waals surface area contributed by atoms with Crippen LogP contribution in [-0.2, 0) is 19.1 Å². The standard InChI is InChI=1S/C17H20FN3O5/c1-4-17(3)15(24)21(16(25)20-17)9-13(22)26-10(2)14(23)19-12-7-5-11(18)6-8-12/h5-8,10H,4,9H2,1-3H3,(H,19,23)(H,20,25)/t10-,17-/m0/s1. The minimum atomic E-state index is -1.16. The summed E-state index contributed by atoms with van der Waals surface area (Å²) in [5.41, 5.74) is -0.713. The lowest BCUT2D eigenvalue weighted by molar-refractivity contribution is -0.155. The van der Waals surface area contributed by atoms with Crippen LogP contribution in [0.15, 0.2) is 24.3 Å². The molecule has 26 heavy (non-hydrogen) atoms. The summed E-state index contributed by atoms with van der Waals surface area (Å²) in [7, 11) is 0. The third-order valence-electron chi connectivity index (χ3n) is 4.13. The van der Waals surface area contributed by atoms with Crippen LogP contribution in [0.25, 0.3) is 0 Å². The average Bonchev–Trinajstić information content (AvgIpc) is 2.80. The summed E-state index contributed by atoms with van der Waals surface area (Å²) < 4.78 is 17.8. The van der Waals surface area contributed by atoms with E-state index in [4.69, 9.17) is 4.74 Å². The topological polar surface area (TPSA) is 105 Å². The maximum absolute atomic E-state index is 12.8. The van der Waals surface area contributed by atoms with Gasteiger partial charge in [0.05, 0.1) is 0 Å². The van der Waals surface area contributed by atoms with Gasteiger partial charge in [-0.25, -0.2) is 9.18 Å². The summed E-state index contributed by atoms with van der Waals surface area (Å²) in [4.78, 5) is 48.8. The van der Waals surface area contributed by atoms with E-state index in [9.17, 15) is 23.6 Å². The lowest BCUT2D eigenvalue weighted by Gasteiger charge is -2.19. The molecule has 1 saturated heterocycles. The number of anilines is 1. The van der Waals surface area contributed by atoms with Crippen LogP contribution in [-0.4, -0.2) is 46.9 Å². The van der Waals surface area contributed by atoms with Crippen LogP contribution in [0.3, 0.4) is 0 Å². The highest BCUT2D eigenvalue weighted by atomic mass is 19.1. The first-order valence-corrected chi connectivity index (χ1v) is 8.06. The van der Waals surface area contributed by atoms with Crippen molar-refractivity contribution in [1.82, 2.24) is 10.2 Å². The molecule has 0 aliphatic carbocycles. The van der Waals surface area contributed by atoms with Crippen molar-refractivity contribution in [3.05, 3.63) is 30.1 Å². The maximum atomic E-state index is 12.8. The Balaban J connectivity index is 1.90. The van der Waals surface area contributed by atoms with Gasteiger partial charge in [-0.2, -0.15) is 0 Å². The molecule has 2 N–H and O–H groups in total. The number of esters is 1. The number of hydrogen-bond donors (Lipinski definition) is 2. The molecule has 2 rings (SSSR count). The minimum Gasteiger partial charge on any atom is -0.451 e. The molecule has 8 nitrogen and oxygen atoms in total. The third-order valence-corrected chi connectivity index (χ3v) is 4.13. The second kappa shape index (κ2) is 7.51. The highest BCUT2D eigenvalue weighted by molar-refractivity contribution is 6.08. The quantitative estimate of drug-likeness (QED) is 0.586. The number of ether oxygens (including phenoxy) is 1. The summed E-state index contributed by atoms with van der Waals surface area (Å²) in [5, 5.41) is 4.98. The second-order valence-corrected chi connectivity index (χ2v) is 6.14. The molecule has 2 atom stereocenters. The first kappa shape index (κ1) is 19.4. The van der Waals surface area contributed by atoms with Gasteiger partial charge in [-0.3, -0.25) is 19.3 Å². The molecule has 0 spiro atoms. The molecule has 4 amide bonds. The molecular weight excluding hydrogens is 345 g/mol. The van der Waals surface area contributed by atoms with E-state index in [-0.39, 0.29) is 0 Å². The Bertz CT molecular complexity index is 736. The number of benzene rings is 1. The molecular formula is C17H20FN3O5. The zero-order valence-electron chi connectivity index (χ0n) is 14.7. The molecule has 140 valence electrons. The molecule has 0 saturated carbocycles. The molecule has 1 heterocycles. The van der Waals surface area contributed by atoms with E-state index in [2.05, 4.69) is 10.6 Å². The van der Waals surface area contributed by atoms with Gasteiger partial charge in [0, 0.05) is 5.69 Å². The molecule has 0 radical (unpaired) electrons. The van der Waals surface area contributed by atoms with Gasteiger partial charge < -0.3 is 15.4 Å². The van der Waals surface area contributed by atoms with Gasteiger partial charge in [-0.1, -0.05) is 6.92 Å². The monoisotopic (exact) mass is 365 g/mol. The fourth-order valence-electron chi connectivity index (χ4n) is 2.32. The normalized spacial score (nSPS) is 20.5. The number of amides is 4. The van der Waals surface area contributed by atoms with Crippen LogP contribution >= 0.6 is 0 Å². The highest BCUT2D eigenvalue weighted by Gasteiger charge is 2.47. The number of urea groups is 1. The number of nitrogens with zero attached hydrogens (tertiary/aromatic N) is 1. The van der Waals surface area contributed by atoms with Crippen molar-refractivity contribution in [3.63, 3.8) is 0 Å². The van der Waals surface area contributed by atoms with Gasteiger partial charge >= 0.3 is 12.0 Å². The number of halogens is 1. The maximum Gasteiger partial charge on any atom is 0.327 e. The van der Waals surface area contributed by atoms with E-state index < -0.39 is 47.8 Å². The summed E-state index contributed by atoms with van der Waals surface area (Å²) in [6.45, 7) is 4.06. The van der Waals surface area contributed by atoms with Crippen molar-refractivity contribution in [1.29, 1.82) is 0 Å². The summed E-state index contributed by atoms with van der Waals surface area (Å²) in [5.74, 6) is -2.49. The predicted octanol–water partition coefficient (Wildman–Crippen LogP) is 1.42. The van der Waals surface area contributed by atoms with Crippen molar-refractivity contribution < 1.29 is 28.3 Å². The Morgan fingerprint density at radius 1 is 1.31 bits per heavy atom. The molecule has 1 fully saturated rings. The van der Waals surface area contributed by atoms with Crippen molar-refractivity contribution in [2.24, 2.45) is 0 Å². The molecule has 0 aromatic heterocycles. The fraction of sp³-hybridized carbons (Fsp3) is 0.412. The second-order valence-electron chi connectivity index (χ2n) is 6.14. The Kier molecular flexibility index (Phi) is 5.59. The summed E-state index contributed by atoms with van der Waals surface area (Å²) in [6, 6.07) is 4.39. The molecule has 1 aliphatic heterocycles. The van der Waals surface area contributed by atoms with Crippen LogP contribution in [0, 0.1) is 5.82 Å². The minimum absolute atomic E-state index is 0.340. The van der Waals surface area contributed by atoms with E-state index in [0.29, 0.717) is 12.1 Å². The van der Waals surface area contributed by atoms with Gasteiger partial charge in [0.25, 0.3) is 11.8 Å². The van der Waals surface area contributed by atoms with Crippen molar-refractivity contribution in [2.45, 2.75) is 38.8 Å². The first-order valence-electron chi connectivity index (χ1n) is 8.06. The van der Waals surface area contributed by atoms with E-state index in [1.165, 1.54) is 31.2 Å². The number of nitrogens with one attached hydrogen (secondary N) is 2. The summed E-state index contributed by atoms with van der Waals surface area (Å²) in [6.07, 6.45) is -0.787.